The van der Waals surface area contributed by atoms with Gasteiger partial charge in [-0.3, -0.25) is 0 Å². The number of thiocarbonyl (C=S) groups is 1. The van der Waals surface area contributed by atoms with E-state index < -0.39 is 0 Å². The van der Waals surface area contributed by atoms with E-state index in [1.54, 1.807) is 12.4 Å². The minimum atomic E-state index is 0.286. The summed E-state index contributed by atoms with van der Waals surface area (Å²) in [7, 11) is 0. The molecule has 0 spiro atoms. The van der Waals surface area contributed by atoms with Crippen molar-refractivity contribution in [3.8, 4) is 0 Å². The van der Waals surface area contributed by atoms with Crippen molar-refractivity contribution in [2.75, 3.05) is 5.32 Å². The molecule has 1 aromatic heterocycles. The van der Waals surface area contributed by atoms with Gasteiger partial charge in [0.15, 0.2) is 0 Å². The lowest BCUT2D eigenvalue weighted by Gasteiger charge is -2.32. The van der Waals surface area contributed by atoms with Gasteiger partial charge >= 0.3 is 0 Å². The molecule has 1 heterocycles. The van der Waals surface area contributed by atoms with E-state index in [2.05, 4.69) is 29.1 Å². The Labute approximate surface area is 113 Å². The fraction of sp³-hybridized carbons (Fsp3) is 0.615. The fourth-order valence-electron chi connectivity index (χ4n) is 2.80. The lowest BCUT2D eigenvalue weighted by molar-refractivity contribution is 0.280. The Balaban J connectivity index is 1.98. The lowest BCUT2D eigenvalue weighted by atomic mass is 9.80. The number of nitrogens with zero attached hydrogens (tertiary/aromatic N) is 2. The van der Waals surface area contributed by atoms with Crippen LogP contribution >= 0.6 is 12.2 Å². The van der Waals surface area contributed by atoms with Gasteiger partial charge in [0, 0.05) is 6.04 Å². The molecular weight excluding hydrogens is 244 g/mol. The largest absolute Gasteiger partial charge is 0.388 e. The summed E-state index contributed by atoms with van der Waals surface area (Å²) in [5, 5.41) is 3.45. The molecule has 1 aliphatic rings. The van der Waals surface area contributed by atoms with Crippen LogP contribution in [0.3, 0.4) is 0 Å². The van der Waals surface area contributed by atoms with Gasteiger partial charge in [0.05, 0.1) is 12.4 Å². The Morgan fingerprint density at radius 1 is 1.22 bits per heavy atom. The molecule has 1 fully saturated rings. The van der Waals surface area contributed by atoms with Crippen molar-refractivity contribution in [1.82, 2.24) is 9.97 Å². The number of hydrogen-bond acceptors (Lipinski definition) is 4. The molecule has 4 nitrogen and oxygen atoms in total. The highest BCUT2D eigenvalue weighted by molar-refractivity contribution is 7.80. The van der Waals surface area contributed by atoms with Crippen LogP contribution in [0.4, 0.5) is 5.82 Å². The first kappa shape index (κ1) is 13.2. The van der Waals surface area contributed by atoms with Crippen LogP contribution in [0.25, 0.3) is 0 Å². The highest BCUT2D eigenvalue weighted by atomic mass is 32.1. The van der Waals surface area contributed by atoms with Gasteiger partial charge in [0.2, 0.25) is 0 Å². The number of rotatable bonds is 3. The Morgan fingerprint density at radius 2 is 1.89 bits per heavy atom. The van der Waals surface area contributed by atoms with Crippen molar-refractivity contribution in [3.63, 3.8) is 0 Å². The monoisotopic (exact) mass is 264 g/mol. The van der Waals surface area contributed by atoms with Crippen molar-refractivity contribution >= 4 is 23.0 Å². The van der Waals surface area contributed by atoms with Crippen molar-refractivity contribution in [2.45, 2.75) is 39.2 Å². The summed E-state index contributed by atoms with van der Waals surface area (Å²) in [4.78, 5) is 8.78. The van der Waals surface area contributed by atoms with E-state index >= 15 is 0 Å². The second kappa shape index (κ2) is 5.61. The number of nitrogens with one attached hydrogen (secondary N) is 1. The van der Waals surface area contributed by atoms with Crippen LogP contribution in [0.5, 0.6) is 0 Å². The molecule has 0 aliphatic heterocycles. The van der Waals surface area contributed by atoms with Gasteiger partial charge in [0.25, 0.3) is 0 Å². The smallest absolute Gasteiger partial charge is 0.144 e. The second-order valence-corrected chi connectivity index (χ2v) is 5.85. The van der Waals surface area contributed by atoms with Gasteiger partial charge in [0.1, 0.15) is 16.5 Å². The number of anilines is 1. The predicted octanol–water partition coefficient (Wildman–Crippen LogP) is 2.35. The van der Waals surface area contributed by atoms with Gasteiger partial charge in [-0.2, -0.15) is 0 Å². The highest BCUT2D eigenvalue weighted by Crippen LogP contribution is 2.29. The van der Waals surface area contributed by atoms with Crippen molar-refractivity contribution in [2.24, 2.45) is 17.6 Å². The van der Waals surface area contributed by atoms with Gasteiger partial charge in [-0.15, -0.1) is 0 Å². The first-order valence-electron chi connectivity index (χ1n) is 6.43. The molecule has 0 saturated heterocycles. The summed E-state index contributed by atoms with van der Waals surface area (Å²) in [6.07, 6.45) is 7.05. The quantitative estimate of drug-likeness (QED) is 0.820. The van der Waals surface area contributed by atoms with E-state index in [1.807, 2.05) is 0 Å². The first-order chi connectivity index (χ1) is 8.54. The van der Waals surface area contributed by atoms with E-state index in [0.717, 1.165) is 17.7 Å². The van der Waals surface area contributed by atoms with Crippen LogP contribution in [-0.4, -0.2) is 21.0 Å². The van der Waals surface area contributed by atoms with Crippen LogP contribution in [0, 0.1) is 11.8 Å². The Hall–Kier alpha value is -1.23. The normalized spacial score (nSPS) is 27.8. The lowest BCUT2D eigenvalue weighted by Crippen LogP contribution is -2.30. The van der Waals surface area contributed by atoms with Crippen LogP contribution in [-0.2, 0) is 0 Å². The molecule has 0 bridgehead atoms. The maximum absolute atomic E-state index is 5.49. The summed E-state index contributed by atoms with van der Waals surface area (Å²) < 4.78 is 0. The highest BCUT2D eigenvalue weighted by Gasteiger charge is 2.23. The summed E-state index contributed by atoms with van der Waals surface area (Å²) >= 11 is 4.85. The average Bonchev–Trinajstić information content (AvgIpc) is 2.28. The summed E-state index contributed by atoms with van der Waals surface area (Å²) in [5.74, 6) is 2.35. The number of aromatic nitrogens is 2. The molecule has 1 saturated carbocycles. The number of hydrogen-bond donors (Lipinski definition) is 2. The summed E-state index contributed by atoms with van der Waals surface area (Å²) in [5.41, 5.74) is 6.06. The van der Waals surface area contributed by atoms with E-state index in [4.69, 9.17) is 18.0 Å². The Kier molecular flexibility index (Phi) is 4.11. The average molecular weight is 264 g/mol. The molecule has 2 rings (SSSR count). The summed E-state index contributed by atoms with van der Waals surface area (Å²) in [6, 6.07) is 0.494. The third kappa shape index (κ3) is 3.38. The summed E-state index contributed by atoms with van der Waals surface area (Å²) in [6.45, 7) is 4.62. The molecule has 3 N–H and O–H groups in total. The van der Waals surface area contributed by atoms with Gasteiger partial charge < -0.3 is 11.1 Å². The molecule has 5 heteroatoms. The SMILES string of the molecule is CC1CC(C)CC(Nc2cnc(C(N)=S)cn2)C1. The van der Waals surface area contributed by atoms with Gasteiger partial charge in [-0.25, -0.2) is 9.97 Å². The third-order valence-electron chi connectivity index (χ3n) is 3.43. The molecule has 2 unspecified atom stereocenters. The first-order valence-corrected chi connectivity index (χ1v) is 6.83. The zero-order valence-corrected chi connectivity index (χ0v) is 11.7. The van der Waals surface area contributed by atoms with Crippen molar-refractivity contribution in [1.29, 1.82) is 0 Å². The molecule has 18 heavy (non-hydrogen) atoms. The second-order valence-electron chi connectivity index (χ2n) is 5.41. The molecule has 2 atom stereocenters. The maximum atomic E-state index is 5.49. The van der Waals surface area contributed by atoms with Crippen LogP contribution in [0.1, 0.15) is 38.8 Å². The molecule has 98 valence electrons. The van der Waals surface area contributed by atoms with Gasteiger partial charge in [-0.05, 0) is 31.1 Å². The number of nitrogens with two attached hydrogens (primary N) is 1. The topological polar surface area (TPSA) is 63.8 Å². The predicted molar refractivity (Wildman–Crippen MR) is 77.5 cm³/mol. The molecule has 0 aromatic carbocycles. The van der Waals surface area contributed by atoms with Crippen LogP contribution in [0.15, 0.2) is 12.4 Å². The van der Waals surface area contributed by atoms with Crippen LogP contribution in [0.2, 0.25) is 0 Å². The third-order valence-corrected chi connectivity index (χ3v) is 3.64. The maximum Gasteiger partial charge on any atom is 0.144 e. The Morgan fingerprint density at radius 3 is 2.39 bits per heavy atom. The van der Waals surface area contributed by atoms with Crippen molar-refractivity contribution in [3.05, 3.63) is 18.1 Å². The molecule has 0 radical (unpaired) electrons. The Bertz CT molecular complexity index is 408. The minimum absolute atomic E-state index is 0.286. The standard InChI is InChI=1S/C13H20N4S/c1-8-3-9(2)5-10(4-8)17-12-7-15-11(6-16-12)13(14)18/h6-10H,3-5H2,1-2H3,(H2,14,18)(H,16,17). The van der Waals surface area contributed by atoms with E-state index in [0.29, 0.717) is 11.7 Å². The zero-order valence-electron chi connectivity index (χ0n) is 10.9. The van der Waals surface area contributed by atoms with Gasteiger partial charge in [-0.1, -0.05) is 26.1 Å². The molecule has 1 aromatic rings. The van der Waals surface area contributed by atoms with Crippen molar-refractivity contribution < 1.29 is 0 Å². The zero-order chi connectivity index (χ0) is 13.1. The van der Waals surface area contributed by atoms with E-state index in [-0.39, 0.29) is 4.99 Å². The minimum Gasteiger partial charge on any atom is -0.388 e. The fourth-order valence-corrected chi connectivity index (χ4v) is 2.91. The molecular formula is C13H20N4S. The van der Waals surface area contributed by atoms with Crippen LogP contribution < -0.4 is 11.1 Å². The molecule has 0 amide bonds. The molecule has 1 aliphatic carbocycles. The van der Waals surface area contributed by atoms with E-state index in [1.165, 1.54) is 19.3 Å². The van der Waals surface area contributed by atoms with E-state index in [9.17, 15) is 0 Å².